The summed E-state index contributed by atoms with van der Waals surface area (Å²) >= 11 is 5.88. The van der Waals surface area contributed by atoms with Crippen molar-refractivity contribution in [3.63, 3.8) is 0 Å². The highest BCUT2D eigenvalue weighted by Gasteiger charge is 2.21. The number of carbonyl (C=O) groups is 1. The lowest BCUT2D eigenvalue weighted by molar-refractivity contribution is 0.0992. The maximum atomic E-state index is 13.1. The quantitative estimate of drug-likeness (QED) is 0.301. The first-order valence-corrected chi connectivity index (χ1v) is 12.5. The number of ether oxygens (including phenoxy) is 3. The molecule has 3 aromatic carbocycles. The molecule has 1 N–H and O–H groups in total. The Kier molecular flexibility index (Phi) is 7.52. The van der Waals surface area contributed by atoms with Gasteiger partial charge in [-0.3, -0.25) is 4.79 Å². The highest BCUT2D eigenvalue weighted by atomic mass is 35.5. The molecule has 1 amide bonds. The summed E-state index contributed by atoms with van der Waals surface area (Å²) in [6, 6.07) is 20.3. The third kappa shape index (κ3) is 5.81. The van der Waals surface area contributed by atoms with Gasteiger partial charge in [-0.1, -0.05) is 17.7 Å². The number of hydrogen-bond acceptors (Lipinski definition) is 7. The largest absolute Gasteiger partial charge is 0.497 e. The molecule has 0 radical (unpaired) electrons. The van der Waals surface area contributed by atoms with Crippen molar-refractivity contribution >= 4 is 33.0 Å². The summed E-state index contributed by atoms with van der Waals surface area (Å²) in [4.78, 5) is 12.8. The number of benzene rings is 3. The fraction of sp³-hybridized carbons (Fsp3) is 0.115. The van der Waals surface area contributed by atoms with E-state index in [2.05, 4.69) is 5.32 Å². The summed E-state index contributed by atoms with van der Waals surface area (Å²) in [5.41, 5.74) is 0.220. The molecule has 1 aromatic heterocycles. The van der Waals surface area contributed by atoms with Crippen LogP contribution in [0.3, 0.4) is 0 Å². The lowest BCUT2D eigenvalue weighted by Gasteiger charge is -2.11. The van der Waals surface area contributed by atoms with Crippen LogP contribution in [0.15, 0.2) is 93.1 Å². The fourth-order valence-corrected chi connectivity index (χ4v) is 4.73. The Morgan fingerprint density at radius 1 is 0.861 bits per heavy atom. The molecule has 4 rings (SSSR count). The minimum absolute atomic E-state index is 0.0316. The molecular weight excluding hydrogens is 506 g/mol. The number of anilines is 1. The number of halogens is 1. The predicted octanol–water partition coefficient (Wildman–Crippen LogP) is 5.61. The van der Waals surface area contributed by atoms with Crippen LogP contribution in [0.5, 0.6) is 17.2 Å². The van der Waals surface area contributed by atoms with E-state index in [0.717, 1.165) is 0 Å². The average Bonchev–Trinajstić information content (AvgIpc) is 3.37. The van der Waals surface area contributed by atoms with Gasteiger partial charge in [0.05, 0.1) is 24.0 Å². The van der Waals surface area contributed by atoms with E-state index in [0.29, 0.717) is 22.3 Å². The maximum Gasteiger partial charge on any atom is 0.291 e. The SMILES string of the molecule is COc1cccc(OCc2ccc(C(=O)Nc3cc(OC)cc(S(=O)(=O)c4ccc(Cl)cc4)c3)o2)c1. The van der Waals surface area contributed by atoms with E-state index in [1.165, 1.54) is 55.6 Å². The number of hydrogen-bond donors (Lipinski definition) is 1. The number of amides is 1. The highest BCUT2D eigenvalue weighted by molar-refractivity contribution is 7.91. The van der Waals surface area contributed by atoms with E-state index >= 15 is 0 Å². The lowest BCUT2D eigenvalue weighted by Crippen LogP contribution is -2.12. The molecule has 0 aliphatic rings. The van der Waals surface area contributed by atoms with E-state index < -0.39 is 15.7 Å². The molecular formula is C26H22ClNO7S. The first-order valence-electron chi connectivity index (χ1n) is 10.6. The Labute approximate surface area is 213 Å². The third-order valence-corrected chi connectivity index (χ3v) is 7.12. The van der Waals surface area contributed by atoms with Crippen LogP contribution in [0, 0.1) is 0 Å². The van der Waals surface area contributed by atoms with Crippen molar-refractivity contribution in [2.24, 2.45) is 0 Å². The summed E-state index contributed by atoms with van der Waals surface area (Å²) < 4.78 is 47.9. The number of furan rings is 1. The number of methoxy groups -OCH3 is 2. The van der Waals surface area contributed by atoms with Crippen LogP contribution in [0.1, 0.15) is 16.3 Å². The second-order valence-corrected chi connectivity index (χ2v) is 9.93. The third-order valence-electron chi connectivity index (χ3n) is 5.12. The van der Waals surface area contributed by atoms with Crippen LogP contribution in [-0.4, -0.2) is 28.5 Å². The van der Waals surface area contributed by atoms with Gasteiger partial charge in [0.15, 0.2) is 5.76 Å². The summed E-state index contributed by atoms with van der Waals surface area (Å²) in [5.74, 6) is 1.40. The number of sulfone groups is 1. The van der Waals surface area contributed by atoms with Crippen molar-refractivity contribution in [3.05, 3.63) is 95.4 Å². The van der Waals surface area contributed by atoms with Crippen molar-refractivity contribution in [1.82, 2.24) is 0 Å². The molecule has 0 spiro atoms. The maximum absolute atomic E-state index is 13.1. The van der Waals surface area contributed by atoms with Gasteiger partial charge in [0.25, 0.3) is 5.91 Å². The Morgan fingerprint density at radius 2 is 1.58 bits per heavy atom. The van der Waals surface area contributed by atoms with Crippen LogP contribution < -0.4 is 19.5 Å². The average molecular weight is 528 g/mol. The van der Waals surface area contributed by atoms with Crippen LogP contribution in [-0.2, 0) is 16.4 Å². The smallest absolute Gasteiger partial charge is 0.291 e. The normalized spacial score (nSPS) is 11.1. The lowest BCUT2D eigenvalue weighted by atomic mass is 10.3. The molecule has 0 aliphatic heterocycles. The van der Waals surface area contributed by atoms with Crippen molar-refractivity contribution in [1.29, 1.82) is 0 Å². The first kappa shape index (κ1) is 25.2. The van der Waals surface area contributed by atoms with Gasteiger partial charge in [-0.2, -0.15) is 0 Å². The molecule has 0 unspecified atom stereocenters. The molecule has 0 bridgehead atoms. The topological polar surface area (TPSA) is 104 Å². The van der Waals surface area contributed by atoms with Crippen molar-refractivity contribution in [2.75, 3.05) is 19.5 Å². The molecule has 0 saturated heterocycles. The molecule has 8 nitrogen and oxygen atoms in total. The molecule has 186 valence electrons. The second kappa shape index (κ2) is 10.8. The van der Waals surface area contributed by atoms with Gasteiger partial charge in [-0.05, 0) is 60.7 Å². The second-order valence-electron chi connectivity index (χ2n) is 7.54. The fourth-order valence-electron chi connectivity index (χ4n) is 3.28. The van der Waals surface area contributed by atoms with Gasteiger partial charge in [-0.25, -0.2) is 8.42 Å². The van der Waals surface area contributed by atoms with E-state index in [1.54, 1.807) is 37.4 Å². The first-order chi connectivity index (χ1) is 17.3. The Bertz CT molecular complexity index is 1480. The monoisotopic (exact) mass is 527 g/mol. The van der Waals surface area contributed by atoms with E-state index in [1.807, 2.05) is 0 Å². The minimum atomic E-state index is -3.88. The number of carbonyl (C=O) groups excluding carboxylic acids is 1. The molecule has 36 heavy (non-hydrogen) atoms. The van der Waals surface area contributed by atoms with Gasteiger partial charge in [0.1, 0.15) is 29.6 Å². The number of nitrogens with one attached hydrogen (secondary N) is 1. The summed E-state index contributed by atoms with van der Waals surface area (Å²) in [5, 5.41) is 3.07. The molecule has 0 fully saturated rings. The van der Waals surface area contributed by atoms with Crippen LogP contribution in [0.25, 0.3) is 0 Å². The van der Waals surface area contributed by atoms with E-state index in [9.17, 15) is 13.2 Å². The van der Waals surface area contributed by atoms with Gasteiger partial charge < -0.3 is 23.9 Å². The van der Waals surface area contributed by atoms with Gasteiger partial charge in [0, 0.05) is 22.8 Å². The Balaban J connectivity index is 1.49. The standard InChI is InChI=1S/C26H22ClNO7S/c1-32-19-4-3-5-20(14-19)34-16-21-8-11-25(35-21)26(29)28-18-12-22(33-2)15-24(13-18)36(30,31)23-9-6-17(27)7-10-23/h3-15H,16H2,1-2H3,(H,28,29). The summed E-state index contributed by atoms with van der Waals surface area (Å²) in [6.45, 7) is 0.100. The minimum Gasteiger partial charge on any atom is -0.497 e. The van der Waals surface area contributed by atoms with E-state index in [4.69, 9.17) is 30.2 Å². The molecule has 0 aliphatic carbocycles. The Hall–Kier alpha value is -3.95. The zero-order valence-electron chi connectivity index (χ0n) is 19.4. The molecule has 10 heteroatoms. The number of rotatable bonds is 9. The van der Waals surface area contributed by atoms with E-state index in [-0.39, 0.29) is 33.6 Å². The molecule has 1 heterocycles. The zero-order chi connectivity index (χ0) is 25.7. The van der Waals surface area contributed by atoms with Crippen LogP contribution in [0.2, 0.25) is 5.02 Å². The van der Waals surface area contributed by atoms with Crippen molar-refractivity contribution in [3.8, 4) is 17.2 Å². The molecule has 0 atom stereocenters. The summed E-state index contributed by atoms with van der Waals surface area (Å²) in [6.07, 6.45) is 0. The molecule has 0 saturated carbocycles. The van der Waals surface area contributed by atoms with Gasteiger partial charge in [-0.15, -0.1) is 0 Å². The van der Waals surface area contributed by atoms with Crippen molar-refractivity contribution < 1.29 is 31.8 Å². The van der Waals surface area contributed by atoms with Gasteiger partial charge >= 0.3 is 0 Å². The van der Waals surface area contributed by atoms with Crippen LogP contribution >= 0.6 is 11.6 Å². The Morgan fingerprint density at radius 3 is 2.31 bits per heavy atom. The van der Waals surface area contributed by atoms with Gasteiger partial charge in [0.2, 0.25) is 9.84 Å². The summed E-state index contributed by atoms with van der Waals surface area (Å²) in [7, 11) is -0.917. The van der Waals surface area contributed by atoms with Crippen molar-refractivity contribution in [2.45, 2.75) is 16.4 Å². The molecule has 4 aromatic rings. The zero-order valence-corrected chi connectivity index (χ0v) is 20.9. The highest BCUT2D eigenvalue weighted by Crippen LogP contribution is 2.29. The van der Waals surface area contributed by atoms with Crippen LogP contribution in [0.4, 0.5) is 5.69 Å². The predicted molar refractivity (Wildman–Crippen MR) is 134 cm³/mol.